The maximum absolute atomic E-state index is 14.7. The number of likely N-dealkylation sites (tertiary alicyclic amines) is 1. The zero-order valence-electron chi connectivity index (χ0n) is 22.2. The zero-order valence-corrected chi connectivity index (χ0v) is 22.2. The van der Waals surface area contributed by atoms with E-state index in [0.717, 1.165) is 17.9 Å². The van der Waals surface area contributed by atoms with E-state index in [0.29, 0.717) is 30.5 Å². The van der Waals surface area contributed by atoms with Crippen LogP contribution in [-0.2, 0) is 9.53 Å². The summed E-state index contributed by atoms with van der Waals surface area (Å²) in [6.45, 7) is 1.32. The second kappa shape index (κ2) is 12.9. The average Bonchev–Trinajstić information content (AvgIpc) is 3.02. The van der Waals surface area contributed by atoms with Crippen molar-refractivity contribution in [2.75, 3.05) is 56.2 Å². The molecular formula is C28H30FN7O5. The molecule has 13 heteroatoms. The Kier molecular flexibility index (Phi) is 8.83. The summed E-state index contributed by atoms with van der Waals surface area (Å²) in [7, 11) is 0. The van der Waals surface area contributed by atoms with Gasteiger partial charge in [0.2, 0.25) is 11.9 Å². The number of carbonyl (C=O) groups excluding carboxylic acids is 1. The normalized spacial score (nSPS) is 20.8. The average molecular weight is 564 g/mol. The van der Waals surface area contributed by atoms with Crippen LogP contribution in [0.1, 0.15) is 12.0 Å². The van der Waals surface area contributed by atoms with Crippen molar-refractivity contribution in [2.24, 2.45) is 0 Å². The van der Waals surface area contributed by atoms with Crippen LogP contribution in [0.25, 0.3) is 11.4 Å². The number of aliphatic hydroxyl groups is 2. The van der Waals surface area contributed by atoms with Gasteiger partial charge in [0, 0.05) is 43.0 Å². The van der Waals surface area contributed by atoms with Gasteiger partial charge in [0.15, 0.2) is 12.0 Å². The second-order valence-corrected chi connectivity index (χ2v) is 9.71. The number of rotatable bonds is 8. The molecule has 2 aliphatic rings. The third-order valence-electron chi connectivity index (χ3n) is 7.01. The molecule has 1 aromatic heterocycles. The van der Waals surface area contributed by atoms with Gasteiger partial charge in [-0.05, 0) is 42.5 Å². The molecule has 0 spiro atoms. The van der Waals surface area contributed by atoms with E-state index in [4.69, 9.17) is 14.6 Å². The summed E-state index contributed by atoms with van der Waals surface area (Å²) in [4.78, 5) is 28.0. The third kappa shape index (κ3) is 6.68. The van der Waals surface area contributed by atoms with Crippen molar-refractivity contribution in [3.05, 3.63) is 54.4 Å². The number of nitriles is 1. The lowest BCUT2D eigenvalue weighted by molar-refractivity contribution is -0.138. The molecule has 0 saturated carbocycles. The Balaban J connectivity index is 1.25. The van der Waals surface area contributed by atoms with Gasteiger partial charge in [-0.25, -0.2) is 14.4 Å². The van der Waals surface area contributed by atoms with Crippen LogP contribution in [0.4, 0.5) is 21.7 Å². The second-order valence-electron chi connectivity index (χ2n) is 9.71. The van der Waals surface area contributed by atoms with Crippen molar-refractivity contribution in [3.8, 4) is 23.2 Å². The molecule has 3 heterocycles. The molecule has 1 unspecified atom stereocenters. The van der Waals surface area contributed by atoms with Crippen LogP contribution in [0.2, 0.25) is 0 Å². The molecule has 0 radical (unpaired) electrons. The topological polar surface area (TPSA) is 157 Å². The van der Waals surface area contributed by atoms with Crippen molar-refractivity contribution in [2.45, 2.75) is 24.8 Å². The first-order valence-corrected chi connectivity index (χ1v) is 13.2. The summed E-state index contributed by atoms with van der Waals surface area (Å²) in [6, 6.07) is 14.7. The first-order chi connectivity index (χ1) is 20.0. The highest BCUT2D eigenvalue weighted by molar-refractivity contribution is 5.77. The summed E-state index contributed by atoms with van der Waals surface area (Å²) < 4.78 is 26.0. The molecule has 12 nitrogen and oxygen atoms in total. The van der Waals surface area contributed by atoms with Gasteiger partial charge < -0.3 is 34.8 Å². The van der Waals surface area contributed by atoms with Gasteiger partial charge in [-0.1, -0.05) is 0 Å². The lowest BCUT2D eigenvalue weighted by atomic mass is 10.0. The molecule has 3 N–H and O–H groups in total. The Morgan fingerprint density at radius 1 is 1.17 bits per heavy atom. The lowest BCUT2D eigenvalue weighted by Crippen LogP contribution is -2.50. The van der Waals surface area contributed by atoms with Gasteiger partial charge in [-0.3, -0.25) is 4.79 Å². The van der Waals surface area contributed by atoms with Crippen LogP contribution in [0, 0.1) is 11.3 Å². The molecule has 0 bridgehead atoms. The number of hydrogen-bond donors (Lipinski definition) is 3. The highest BCUT2D eigenvalue weighted by Crippen LogP contribution is 2.29. The molecule has 2 saturated heterocycles. The number of piperidine rings is 1. The van der Waals surface area contributed by atoms with Gasteiger partial charge in [-0.15, -0.1) is 0 Å². The number of aliphatic hydroxyl groups excluding tert-OH is 2. The Morgan fingerprint density at radius 2 is 2.00 bits per heavy atom. The maximum atomic E-state index is 14.7. The van der Waals surface area contributed by atoms with Crippen molar-refractivity contribution in [3.63, 3.8) is 0 Å². The Morgan fingerprint density at radius 3 is 2.73 bits per heavy atom. The fourth-order valence-electron chi connectivity index (χ4n) is 4.81. The van der Waals surface area contributed by atoms with Crippen molar-refractivity contribution < 1.29 is 28.9 Å². The van der Waals surface area contributed by atoms with Gasteiger partial charge in [0.1, 0.15) is 30.9 Å². The van der Waals surface area contributed by atoms with E-state index < -0.39 is 24.8 Å². The number of ether oxygens (including phenoxy) is 2. The Hall–Kier alpha value is -4.38. The number of aromatic nitrogens is 3. The summed E-state index contributed by atoms with van der Waals surface area (Å²) in [5.74, 6) is 0.354. The van der Waals surface area contributed by atoms with Gasteiger partial charge in [-0.2, -0.15) is 10.2 Å². The number of nitrogens with one attached hydrogen (secondary N) is 1. The number of amides is 1. The number of benzene rings is 2. The molecule has 2 aromatic carbocycles. The van der Waals surface area contributed by atoms with Crippen LogP contribution in [-0.4, -0.2) is 100 Å². The largest absolute Gasteiger partial charge is 0.486 e. The Bertz CT molecular complexity index is 1400. The van der Waals surface area contributed by atoms with Crippen molar-refractivity contribution >= 4 is 23.2 Å². The van der Waals surface area contributed by atoms with E-state index in [1.807, 2.05) is 24.3 Å². The monoisotopic (exact) mass is 563 g/mol. The van der Waals surface area contributed by atoms with Gasteiger partial charge >= 0.3 is 0 Å². The number of carbonyl (C=O) groups is 1. The van der Waals surface area contributed by atoms with E-state index in [9.17, 15) is 19.6 Å². The summed E-state index contributed by atoms with van der Waals surface area (Å²) in [6.07, 6.45) is -0.876. The highest BCUT2D eigenvalue weighted by atomic mass is 19.1. The molecule has 41 heavy (non-hydrogen) atoms. The third-order valence-corrected chi connectivity index (χ3v) is 7.01. The predicted molar refractivity (Wildman–Crippen MR) is 146 cm³/mol. The standard InChI is InChI=1S/C28H30FN7O5/c29-23-14-36(26(39)16-38)8-7-25(23)41-24-6-1-18(11-19(24)12-30)27-31-17-32-28(34-27)33-20-2-4-21(5-3-20)35-9-10-40-22(13-35)15-37/h1-6,11,17,22-23,25,37-38H,7-10,13-16H2,(H,31,32,33,34)/t22-,23+,25?/m0/s1. The molecule has 2 fully saturated rings. The van der Waals surface area contributed by atoms with Crippen LogP contribution in [0.15, 0.2) is 48.8 Å². The SMILES string of the molecule is N#Cc1cc(-c2ncnc(Nc3ccc(N4CCO[C@H](CO)C4)cc3)n2)ccc1OC1CCN(C(=O)CO)C[C@H]1F. The molecule has 1 amide bonds. The molecule has 2 aliphatic heterocycles. The van der Waals surface area contributed by atoms with Gasteiger partial charge in [0.25, 0.3) is 0 Å². The minimum absolute atomic E-state index is 0.0176. The molecule has 214 valence electrons. The summed E-state index contributed by atoms with van der Waals surface area (Å²) >= 11 is 0. The quantitative estimate of drug-likeness (QED) is 0.366. The first kappa shape index (κ1) is 28.2. The first-order valence-electron chi connectivity index (χ1n) is 13.2. The Labute approximate surface area is 236 Å². The smallest absolute Gasteiger partial charge is 0.248 e. The summed E-state index contributed by atoms with van der Waals surface area (Å²) in [5.41, 5.74) is 2.54. The van der Waals surface area contributed by atoms with E-state index in [1.54, 1.807) is 18.2 Å². The van der Waals surface area contributed by atoms with E-state index >= 15 is 0 Å². The van der Waals surface area contributed by atoms with E-state index in [1.165, 1.54) is 11.2 Å². The number of alkyl halides is 1. The highest BCUT2D eigenvalue weighted by Gasteiger charge is 2.33. The number of morpholine rings is 1. The van der Waals surface area contributed by atoms with E-state index in [-0.39, 0.29) is 43.5 Å². The van der Waals surface area contributed by atoms with Crippen LogP contribution >= 0.6 is 0 Å². The molecule has 0 aliphatic carbocycles. The molecule has 3 atom stereocenters. The minimum atomic E-state index is -1.46. The number of hydrogen-bond acceptors (Lipinski definition) is 11. The van der Waals surface area contributed by atoms with E-state index in [2.05, 4.69) is 31.2 Å². The van der Waals surface area contributed by atoms with Crippen molar-refractivity contribution in [1.29, 1.82) is 5.26 Å². The fraction of sp³-hybridized carbons (Fsp3) is 0.393. The molecular weight excluding hydrogens is 533 g/mol. The van der Waals surface area contributed by atoms with Gasteiger partial charge in [0.05, 0.1) is 31.4 Å². The lowest BCUT2D eigenvalue weighted by Gasteiger charge is -2.34. The molecule has 5 rings (SSSR count). The zero-order chi connectivity index (χ0) is 28.8. The predicted octanol–water partition coefficient (Wildman–Crippen LogP) is 1.66. The van der Waals surface area contributed by atoms with Crippen molar-refractivity contribution in [1.82, 2.24) is 19.9 Å². The number of halogens is 1. The summed E-state index contributed by atoms with van der Waals surface area (Å²) in [5, 5.41) is 31.3. The fourth-order valence-corrected chi connectivity index (χ4v) is 4.81. The number of anilines is 3. The van der Waals surface area contributed by atoms with Crippen LogP contribution in [0.5, 0.6) is 5.75 Å². The minimum Gasteiger partial charge on any atom is -0.486 e. The number of nitrogens with zero attached hydrogens (tertiary/aromatic N) is 6. The maximum Gasteiger partial charge on any atom is 0.248 e. The molecule has 3 aromatic rings. The van der Waals surface area contributed by atoms with Crippen LogP contribution < -0.4 is 15.0 Å². The van der Waals surface area contributed by atoms with Crippen LogP contribution in [0.3, 0.4) is 0 Å².